The highest BCUT2D eigenvalue weighted by Crippen LogP contribution is 2.46. The Hall–Kier alpha value is -6.10. The predicted octanol–water partition coefficient (Wildman–Crippen LogP) is 13.9. The smallest absolute Gasteiger partial charge is 0.237 e. The van der Waals surface area contributed by atoms with E-state index in [1.54, 1.807) is 23.5 Å². The van der Waals surface area contributed by atoms with Crippen LogP contribution < -0.4 is 10.2 Å². The molecule has 6 aromatic carbocycles. The number of aromatic nitrogens is 1. The number of aliphatic hydroxyl groups excluding tert-OH is 1. The van der Waals surface area contributed by atoms with E-state index in [0.717, 1.165) is 101 Å². The topological polar surface area (TPSA) is 65.5 Å². The van der Waals surface area contributed by atoms with Crippen LogP contribution in [0.2, 0.25) is 0 Å². The maximum absolute atomic E-state index is 14.0. The lowest BCUT2D eigenvalue weighted by atomic mass is 9.97. The number of thiophene rings is 1. The second-order valence-corrected chi connectivity index (χ2v) is 18.8. The second kappa shape index (κ2) is 16.9. The van der Waals surface area contributed by atoms with Gasteiger partial charge in [-0.2, -0.15) is 4.58 Å². The zero-order chi connectivity index (χ0) is 43.4. The van der Waals surface area contributed by atoms with Gasteiger partial charge in [-0.05, 0) is 91.7 Å². The summed E-state index contributed by atoms with van der Waals surface area (Å²) >= 11 is 4.00. The van der Waals surface area contributed by atoms with Gasteiger partial charge in [0.15, 0.2) is 0 Å². The summed E-state index contributed by atoms with van der Waals surface area (Å²) in [7, 11) is 0. The van der Waals surface area contributed by atoms with Crippen LogP contribution in [0.15, 0.2) is 150 Å². The van der Waals surface area contributed by atoms with Gasteiger partial charge >= 0.3 is 0 Å². The normalized spacial score (nSPS) is 14.9. The quantitative estimate of drug-likeness (QED) is 0.0411. The van der Waals surface area contributed by atoms with Crippen LogP contribution in [0.5, 0.6) is 0 Å². The minimum Gasteiger partial charge on any atom is -0.506 e. The molecule has 0 bridgehead atoms. The number of carbonyl (C=O) groups excluding carboxylic acids is 2. The Morgan fingerprint density at radius 1 is 0.683 bits per heavy atom. The molecule has 2 aromatic heterocycles. The summed E-state index contributed by atoms with van der Waals surface area (Å²) in [4.78, 5) is 31.3. The SMILES string of the molecule is CCCCCCCC[N+]1=C(/C=C2\C(=O)C(=O)C(/C=c3\c4cccc5cccc(c54)n3I)=C2O)c2cccc3c(-c4ccc(N(c5ccc(C)cc5)c5ccc(C)cc5)s4)ccc1c23. The molecule has 1 aliphatic carbocycles. The second-order valence-electron chi connectivity index (χ2n) is 16.8. The number of hydrogen-bond donors (Lipinski definition) is 1. The van der Waals surface area contributed by atoms with Crippen LogP contribution >= 0.6 is 34.2 Å². The van der Waals surface area contributed by atoms with E-state index in [1.165, 1.54) is 36.8 Å². The maximum atomic E-state index is 14.0. The van der Waals surface area contributed by atoms with E-state index >= 15 is 0 Å². The summed E-state index contributed by atoms with van der Waals surface area (Å²) in [5.74, 6) is -1.67. The molecule has 1 N–H and O–H groups in total. The number of aliphatic hydroxyl groups is 1. The zero-order valence-electron chi connectivity index (χ0n) is 35.6. The van der Waals surface area contributed by atoms with Crippen LogP contribution in [-0.4, -0.2) is 36.3 Å². The summed E-state index contributed by atoms with van der Waals surface area (Å²) in [6.45, 7) is 7.21. The van der Waals surface area contributed by atoms with Gasteiger partial charge in [-0.3, -0.25) is 12.4 Å². The monoisotopic (exact) mass is 956 g/mol. The average Bonchev–Trinajstić information content (AvgIpc) is 4.02. The van der Waals surface area contributed by atoms with Crippen molar-refractivity contribution in [3.8, 4) is 10.4 Å². The first kappa shape index (κ1) is 40.9. The minimum atomic E-state index is -0.697. The van der Waals surface area contributed by atoms with Gasteiger partial charge in [-0.25, -0.2) is 0 Å². The molecule has 0 atom stereocenters. The number of allylic oxidation sites excluding steroid dienone is 3. The zero-order valence-corrected chi connectivity index (χ0v) is 38.6. The standard InChI is InChI=1S/C55H46IN3O3S/c1-4-5-6-7-8-9-31-57-45-28-27-39(49-29-30-50(63-49)58(37-23-19-34(2)20-24-37)38-25-21-35(3)22-26-38)40-15-12-17-41(52(40)45)47(57)32-43-53(60)44(55(62)54(43)61)33-48-42-16-10-13-36-14-11-18-46(51(36)42)59(48)56/h10-30,32-33H,4-9,31H2,1-3H3/p+1. The molecule has 63 heavy (non-hydrogen) atoms. The third-order valence-electron chi connectivity index (χ3n) is 12.6. The molecule has 0 saturated carbocycles. The van der Waals surface area contributed by atoms with Crippen LogP contribution in [0.4, 0.5) is 22.1 Å². The number of anilines is 3. The molecule has 8 heteroatoms. The molecule has 0 amide bonds. The molecule has 1 aliphatic heterocycles. The summed E-state index contributed by atoms with van der Waals surface area (Å²) in [5, 5.41) is 19.1. The lowest BCUT2D eigenvalue weighted by Gasteiger charge is -2.24. The summed E-state index contributed by atoms with van der Waals surface area (Å²) in [6.07, 6.45) is 10.3. The number of Topliss-reactive ketones (excluding diaryl/α,β-unsaturated/α-hetero) is 2. The van der Waals surface area contributed by atoms with Crippen LogP contribution in [0.3, 0.4) is 0 Å². The van der Waals surface area contributed by atoms with Crippen molar-refractivity contribution in [2.24, 2.45) is 0 Å². The fourth-order valence-electron chi connectivity index (χ4n) is 9.36. The molecular formula is C55H47IN3O3S+. The van der Waals surface area contributed by atoms with E-state index in [-0.39, 0.29) is 16.9 Å². The first-order valence-electron chi connectivity index (χ1n) is 21.9. The molecular weight excluding hydrogens is 910 g/mol. The fraction of sp³-hybridized carbons (Fsp3) is 0.182. The Morgan fingerprint density at radius 2 is 1.35 bits per heavy atom. The largest absolute Gasteiger partial charge is 0.506 e. The Bertz CT molecular complexity index is 3240. The van der Waals surface area contributed by atoms with Crippen molar-refractivity contribution in [1.29, 1.82) is 0 Å². The van der Waals surface area contributed by atoms with Gasteiger partial charge in [0.25, 0.3) is 0 Å². The molecule has 10 rings (SSSR count). The van der Waals surface area contributed by atoms with Crippen molar-refractivity contribution in [1.82, 2.24) is 2.78 Å². The lowest BCUT2D eigenvalue weighted by molar-refractivity contribution is -0.436. The third kappa shape index (κ3) is 7.23. The number of halogens is 1. The molecule has 2 aliphatic rings. The highest BCUT2D eigenvalue weighted by molar-refractivity contribution is 14.1. The predicted molar refractivity (Wildman–Crippen MR) is 270 cm³/mol. The lowest BCUT2D eigenvalue weighted by Crippen LogP contribution is -2.17. The van der Waals surface area contributed by atoms with Crippen LogP contribution in [0.25, 0.3) is 49.0 Å². The van der Waals surface area contributed by atoms with E-state index < -0.39 is 11.6 Å². The van der Waals surface area contributed by atoms with E-state index in [0.29, 0.717) is 0 Å². The summed E-state index contributed by atoms with van der Waals surface area (Å²) in [6, 6.07) is 44.8. The molecule has 0 spiro atoms. The van der Waals surface area contributed by atoms with E-state index in [9.17, 15) is 14.7 Å². The van der Waals surface area contributed by atoms with E-state index in [4.69, 9.17) is 0 Å². The van der Waals surface area contributed by atoms with Gasteiger partial charge in [-0.1, -0.05) is 110 Å². The molecule has 0 radical (unpaired) electrons. The highest BCUT2D eigenvalue weighted by Gasteiger charge is 2.39. The Balaban J connectivity index is 1.08. The molecule has 6 nitrogen and oxygen atoms in total. The number of unbranched alkanes of at least 4 members (excludes halogenated alkanes) is 5. The van der Waals surface area contributed by atoms with E-state index in [1.807, 2.05) is 27.0 Å². The van der Waals surface area contributed by atoms with Crippen molar-refractivity contribution >= 4 is 112 Å². The van der Waals surface area contributed by atoms with Gasteiger partial charge in [-0.15, -0.1) is 11.3 Å². The van der Waals surface area contributed by atoms with Gasteiger partial charge in [0, 0.05) is 51.2 Å². The van der Waals surface area contributed by atoms with Gasteiger partial charge in [0.2, 0.25) is 23.0 Å². The molecule has 312 valence electrons. The number of hydrogen-bond acceptors (Lipinski definition) is 5. The number of nitrogens with zero attached hydrogens (tertiary/aromatic N) is 3. The number of aryl methyl sites for hydroxylation is 2. The molecule has 3 heterocycles. The first-order valence-corrected chi connectivity index (χ1v) is 23.7. The molecule has 0 unspecified atom stereocenters. The van der Waals surface area contributed by atoms with Crippen molar-refractivity contribution in [3.63, 3.8) is 0 Å². The van der Waals surface area contributed by atoms with Crippen molar-refractivity contribution in [2.75, 3.05) is 11.4 Å². The van der Waals surface area contributed by atoms with Crippen molar-refractivity contribution in [2.45, 2.75) is 59.3 Å². The number of carbonyl (C=O) groups is 2. The third-order valence-corrected chi connectivity index (χ3v) is 14.8. The minimum absolute atomic E-state index is 0.0191. The Kier molecular flexibility index (Phi) is 11.0. The molecule has 0 saturated heterocycles. The molecule has 0 fully saturated rings. The highest BCUT2D eigenvalue weighted by atomic mass is 127. The maximum Gasteiger partial charge on any atom is 0.237 e. The molecule has 8 aromatic rings. The average molecular weight is 957 g/mol. The first-order chi connectivity index (χ1) is 30.7. The van der Waals surface area contributed by atoms with E-state index in [2.05, 4.69) is 156 Å². The Labute approximate surface area is 385 Å². The van der Waals surface area contributed by atoms with Gasteiger partial charge < -0.3 is 10.0 Å². The Morgan fingerprint density at radius 3 is 2.08 bits per heavy atom. The van der Waals surface area contributed by atoms with Crippen LogP contribution in [0, 0.1) is 13.8 Å². The summed E-state index contributed by atoms with van der Waals surface area (Å²) < 4.78 is 4.30. The van der Waals surface area contributed by atoms with Crippen molar-refractivity contribution in [3.05, 3.63) is 172 Å². The van der Waals surface area contributed by atoms with Gasteiger partial charge in [0.05, 0.1) is 55.8 Å². The summed E-state index contributed by atoms with van der Waals surface area (Å²) in [5.41, 5.74) is 9.70. The van der Waals surface area contributed by atoms with Crippen LogP contribution in [-0.2, 0) is 9.59 Å². The van der Waals surface area contributed by atoms with Crippen LogP contribution in [0.1, 0.15) is 62.1 Å². The number of ketones is 2. The van der Waals surface area contributed by atoms with Crippen molar-refractivity contribution < 1.29 is 19.3 Å². The fourth-order valence-corrected chi connectivity index (χ4v) is 11.3. The number of rotatable bonds is 13. The van der Waals surface area contributed by atoms with Gasteiger partial charge in [0.1, 0.15) is 17.3 Å². The number of benzene rings is 6.